The molecule has 1 aromatic heterocycles. The minimum Gasteiger partial charge on any atom is -0.334 e. The van der Waals surface area contributed by atoms with Crippen molar-refractivity contribution in [3.05, 3.63) is 54.1 Å². The highest BCUT2D eigenvalue weighted by Gasteiger charge is 2.00. The van der Waals surface area contributed by atoms with Crippen LogP contribution < -0.4 is 5.32 Å². The smallest absolute Gasteiger partial charge is 0.122 e. The molecule has 1 aromatic carbocycles. The molecule has 0 radical (unpaired) electrons. The van der Waals surface area contributed by atoms with Crippen LogP contribution in [-0.2, 0) is 19.5 Å². The Bertz CT molecular complexity index is 448. The normalized spacial score (nSPS) is 10.7. The van der Waals surface area contributed by atoms with Crippen LogP contribution in [-0.4, -0.2) is 16.6 Å². The van der Waals surface area contributed by atoms with Crippen molar-refractivity contribution in [1.82, 2.24) is 14.9 Å². The van der Waals surface area contributed by atoms with Crippen LogP contribution in [0.25, 0.3) is 0 Å². The lowest BCUT2D eigenvalue weighted by Crippen LogP contribution is -2.12. The van der Waals surface area contributed by atoms with Crippen molar-refractivity contribution in [2.24, 2.45) is 0 Å². The third-order valence-corrected chi connectivity index (χ3v) is 3.09. The third-order valence-electron chi connectivity index (χ3n) is 3.09. The first-order valence-electron chi connectivity index (χ1n) is 6.58. The number of benzene rings is 1. The van der Waals surface area contributed by atoms with E-state index >= 15 is 0 Å². The average Bonchev–Trinajstić information content (AvgIpc) is 2.84. The summed E-state index contributed by atoms with van der Waals surface area (Å²) in [5, 5.41) is 3.14. The van der Waals surface area contributed by atoms with E-state index in [1.165, 1.54) is 18.4 Å². The van der Waals surface area contributed by atoms with Gasteiger partial charge in [0.1, 0.15) is 5.82 Å². The lowest BCUT2D eigenvalue weighted by atomic mass is 10.1. The average molecular weight is 243 g/mol. The van der Waals surface area contributed by atoms with E-state index in [1.54, 1.807) is 0 Å². The van der Waals surface area contributed by atoms with Crippen LogP contribution in [0.3, 0.4) is 0 Å². The Balaban J connectivity index is 1.73. The second-order valence-electron chi connectivity index (χ2n) is 4.51. The lowest BCUT2D eigenvalue weighted by Gasteiger charge is -2.07. The standard InChI is InChI=1S/C15H21N3/c1-16-13-15-17-10-12-18(15)11-6-5-9-14-7-3-2-4-8-14/h2-4,7-8,10,12,16H,5-6,9,11,13H2,1H3. The van der Waals surface area contributed by atoms with Crippen molar-refractivity contribution < 1.29 is 0 Å². The molecule has 0 unspecified atom stereocenters. The Morgan fingerprint density at radius 2 is 2.00 bits per heavy atom. The number of nitrogens with one attached hydrogen (secondary N) is 1. The fourth-order valence-electron chi connectivity index (χ4n) is 2.12. The Labute approximate surface area is 109 Å². The molecule has 0 aliphatic rings. The van der Waals surface area contributed by atoms with Gasteiger partial charge in [-0.2, -0.15) is 0 Å². The number of nitrogens with zero attached hydrogens (tertiary/aromatic N) is 2. The molecular weight excluding hydrogens is 222 g/mol. The van der Waals surface area contributed by atoms with E-state index in [4.69, 9.17) is 0 Å². The fraction of sp³-hybridized carbons (Fsp3) is 0.400. The minimum atomic E-state index is 0.839. The predicted molar refractivity (Wildman–Crippen MR) is 74.4 cm³/mol. The summed E-state index contributed by atoms with van der Waals surface area (Å²) in [5.41, 5.74) is 1.43. The van der Waals surface area contributed by atoms with Crippen LogP contribution in [0.4, 0.5) is 0 Å². The monoisotopic (exact) mass is 243 g/mol. The van der Waals surface area contributed by atoms with Crippen molar-refractivity contribution >= 4 is 0 Å². The van der Waals surface area contributed by atoms with Gasteiger partial charge in [0.25, 0.3) is 0 Å². The molecular formula is C15H21N3. The summed E-state index contributed by atoms with van der Waals surface area (Å²) in [7, 11) is 1.95. The number of unbranched alkanes of at least 4 members (excludes halogenated alkanes) is 1. The first-order chi connectivity index (χ1) is 8.90. The van der Waals surface area contributed by atoms with Crippen molar-refractivity contribution in [1.29, 1.82) is 0 Å². The summed E-state index contributed by atoms with van der Waals surface area (Å²) in [6, 6.07) is 10.7. The first kappa shape index (κ1) is 12.8. The lowest BCUT2D eigenvalue weighted by molar-refractivity contribution is 0.573. The Morgan fingerprint density at radius 1 is 1.17 bits per heavy atom. The number of hydrogen-bond acceptors (Lipinski definition) is 2. The zero-order valence-corrected chi connectivity index (χ0v) is 11.0. The molecule has 1 N–H and O–H groups in total. The van der Waals surface area contributed by atoms with Gasteiger partial charge in [0.05, 0.1) is 6.54 Å². The van der Waals surface area contributed by atoms with Crippen LogP contribution >= 0.6 is 0 Å². The van der Waals surface area contributed by atoms with Gasteiger partial charge in [0, 0.05) is 18.9 Å². The molecule has 3 nitrogen and oxygen atoms in total. The number of rotatable bonds is 7. The van der Waals surface area contributed by atoms with Gasteiger partial charge in [-0.05, 0) is 31.9 Å². The predicted octanol–water partition coefficient (Wildman–Crippen LogP) is 2.63. The zero-order valence-electron chi connectivity index (χ0n) is 11.0. The molecule has 18 heavy (non-hydrogen) atoms. The maximum Gasteiger partial charge on any atom is 0.122 e. The van der Waals surface area contributed by atoms with E-state index in [-0.39, 0.29) is 0 Å². The van der Waals surface area contributed by atoms with Gasteiger partial charge in [0.15, 0.2) is 0 Å². The van der Waals surface area contributed by atoms with Gasteiger partial charge in [-0.3, -0.25) is 0 Å². The van der Waals surface area contributed by atoms with Crippen molar-refractivity contribution in [2.75, 3.05) is 7.05 Å². The number of aromatic nitrogens is 2. The molecule has 1 heterocycles. The molecule has 0 aliphatic carbocycles. The van der Waals surface area contributed by atoms with Crippen LogP contribution in [0, 0.1) is 0 Å². The van der Waals surface area contributed by atoms with Crippen molar-refractivity contribution in [3.63, 3.8) is 0 Å². The quantitative estimate of drug-likeness (QED) is 0.758. The summed E-state index contributed by atoms with van der Waals surface area (Å²) in [6.45, 7) is 1.90. The van der Waals surface area contributed by atoms with Gasteiger partial charge < -0.3 is 9.88 Å². The second kappa shape index (κ2) is 6.97. The van der Waals surface area contributed by atoms with Crippen LogP contribution in [0.5, 0.6) is 0 Å². The first-order valence-corrected chi connectivity index (χ1v) is 6.58. The molecule has 0 aliphatic heterocycles. The van der Waals surface area contributed by atoms with Gasteiger partial charge in [0.2, 0.25) is 0 Å². The second-order valence-corrected chi connectivity index (χ2v) is 4.51. The Morgan fingerprint density at radius 3 is 2.78 bits per heavy atom. The van der Waals surface area contributed by atoms with E-state index in [9.17, 15) is 0 Å². The van der Waals surface area contributed by atoms with Gasteiger partial charge >= 0.3 is 0 Å². The SMILES string of the molecule is CNCc1nccn1CCCCc1ccccc1. The van der Waals surface area contributed by atoms with Crippen LogP contribution in [0.15, 0.2) is 42.7 Å². The molecule has 3 heteroatoms. The highest BCUT2D eigenvalue weighted by atomic mass is 15.1. The molecule has 0 amide bonds. The third kappa shape index (κ3) is 3.70. The summed E-state index contributed by atoms with van der Waals surface area (Å²) < 4.78 is 2.24. The van der Waals surface area contributed by atoms with Crippen LogP contribution in [0.1, 0.15) is 24.2 Å². The summed E-state index contributed by atoms with van der Waals surface area (Å²) >= 11 is 0. The summed E-state index contributed by atoms with van der Waals surface area (Å²) in [5.74, 6) is 1.12. The number of hydrogen-bond donors (Lipinski definition) is 1. The molecule has 0 spiro atoms. The zero-order chi connectivity index (χ0) is 12.6. The molecule has 2 rings (SSSR count). The highest BCUT2D eigenvalue weighted by molar-refractivity contribution is 5.14. The molecule has 0 fully saturated rings. The molecule has 2 aromatic rings. The molecule has 0 bridgehead atoms. The van der Waals surface area contributed by atoms with Gasteiger partial charge in [-0.15, -0.1) is 0 Å². The number of aryl methyl sites for hydroxylation is 2. The minimum absolute atomic E-state index is 0.839. The fourth-order valence-corrected chi connectivity index (χ4v) is 2.12. The van der Waals surface area contributed by atoms with E-state index in [2.05, 4.69) is 51.4 Å². The highest BCUT2D eigenvalue weighted by Crippen LogP contribution is 2.07. The number of imidazole rings is 1. The van der Waals surface area contributed by atoms with E-state index in [0.29, 0.717) is 0 Å². The van der Waals surface area contributed by atoms with Gasteiger partial charge in [-0.1, -0.05) is 30.3 Å². The summed E-state index contributed by atoms with van der Waals surface area (Å²) in [6.07, 6.45) is 7.53. The molecule has 0 saturated heterocycles. The van der Waals surface area contributed by atoms with Gasteiger partial charge in [-0.25, -0.2) is 4.98 Å². The van der Waals surface area contributed by atoms with Crippen LogP contribution in [0.2, 0.25) is 0 Å². The van der Waals surface area contributed by atoms with Crippen molar-refractivity contribution in [2.45, 2.75) is 32.4 Å². The maximum absolute atomic E-state index is 4.34. The maximum atomic E-state index is 4.34. The topological polar surface area (TPSA) is 29.9 Å². The molecule has 0 saturated carbocycles. The van der Waals surface area contributed by atoms with E-state index in [1.807, 2.05) is 13.2 Å². The van der Waals surface area contributed by atoms with E-state index < -0.39 is 0 Å². The Hall–Kier alpha value is -1.61. The molecule has 96 valence electrons. The molecule has 0 atom stereocenters. The summed E-state index contributed by atoms with van der Waals surface area (Å²) in [4.78, 5) is 4.34. The Kier molecular flexibility index (Phi) is 4.97. The van der Waals surface area contributed by atoms with Crippen molar-refractivity contribution in [3.8, 4) is 0 Å². The largest absolute Gasteiger partial charge is 0.334 e. The van der Waals surface area contributed by atoms with E-state index in [0.717, 1.165) is 25.3 Å².